The van der Waals surface area contributed by atoms with Crippen LogP contribution >= 0.6 is 0 Å². The third-order valence-corrected chi connectivity index (χ3v) is 4.66. The van der Waals surface area contributed by atoms with Gasteiger partial charge in [-0.3, -0.25) is 4.79 Å². The van der Waals surface area contributed by atoms with E-state index >= 15 is 0 Å². The highest BCUT2D eigenvalue weighted by atomic mass is 16.5. The Balaban J connectivity index is 2.09. The van der Waals surface area contributed by atoms with Crippen LogP contribution in [0.1, 0.15) is 55.6 Å². The zero-order valence-electron chi connectivity index (χ0n) is 16.5. The van der Waals surface area contributed by atoms with Gasteiger partial charge in [-0.25, -0.2) is 4.79 Å². The lowest BCUT2D eigenvalue weighted by molar-refractivity contribution is -0.148. The molecule has 1 aromatic rings. The fourth-order valence-corrected chi connectivity index (χ4v) is 2.96. The minimum atomic E-state index is -1.04. The monoisotopic (exact) mass is 377 g/mol. The Morgan fingerprint density at radius 1 is 1.37 bits per heavy atom. The predicted octanol–water partition coefficient (Wildman–Crippen LogP) is 0.671. The largest absolute Gasteiger partial charge is 0.492 e. The quantitative estimate of drug-likeness (QED) is 0.477. The summed E-state index contributed by atoms with van der Waals surface area (Å²) in [5, 5.41) is 22.4. The number of ether oxygens (including phenoxy) is 1. The number of carbonyl (C=O) groups is 2. The molecule has 1 atom stereocenters. The van der Waals surface area contributed by atoms with E-state index in [1.54, 1.807) is 32.9 Å². The molecule has 0 saturated carbocycles. The van der Waals surface area contributed by atoms with Gasteiger partial charge in [0, 0.05) is 12.0 Å². The molecule has 3 N–H and O–H groups in total. The normalized spacial score (nSPS) is 14.9. The molecule has 0 aromatic heterocycles. The number of hydrogen-bond acceptors (Lipinski definition) is 6. The van der Waals surface area contributed by atoms with Crippen molar-refractivity contribution in [3.8, 4) is 0 Å². The molecular formula is C19H28BNO6. The van der Waals surface area contributed by atoms with Crippen molar-refractivity contribution in [1.29, 1.82) is 0 Å². The molecule has 0 saturated heterocycles. The van der Waals surface area contributed by atoms with Gasteiger partial charge in [-0.05, 0) is 49.3 Å². The number of esters is 1. The minimum Gasteiger partial charge on any atom is -0.464 e. The molecule has 1 amide bonds. The van der Waals surface area contributed by atoms with E-state index in [1.165, 1.54) is 0 Å². The number of hydrogen-bond donors (Lipinski definition) is 3. The molecule has 1 aliphatic rings. The van der Waals surface area contributed by atoms with E-state index in [1.807, 2.05) is 13.8 Å². The van der Waals surface area contributed by atoms with E-state index in [-0.39, 0.29) is 12.5 Å². The highest BCUT2D eigenvalue weighted by Gasteiger charge is 2.32. The third kappa shape index (κ3) is 5.31. The SMILES string of the molecule is Cc1c(C(=O)NC(C(=O)OCCC(C)(C)O)C(C)C)ccc2c1B(O)OC2. The van der Waals surface area contributed by atoms with Gasteiger partial charge in [-0.15, -0.1) is 0 Å². The van der Waals surface area contributed by atoms with Crippen LogP contribution in [0.2, 0.25) is 0 Å². The fourth-order valence-electron chi connectivity index (χ4n) is 2.96. The van der Waals surface area contributed by atoms with Gasteiger partial charge in [-0.1, -0.05) is 19.9 Å². The predicted molar refractivity (Wildman–Crippen MR) is 102 cm³/mol. The van der Waals surface area contributed by atoms with Gasteiger partial charge in [0.25, 0.3) is 5.91 Å². The van der Waals surface area contributed by atoms with Crippen molar-refractivity contribution in [3.05, 3.63) is 28.8 Å². The van der Waals surface area contributed by atoms with Crippen molar-refractivity contribution >= 4 is 24.5 Å². The van der Waals surface area contributed by atoms with Gasteiger partial charge in [0.05, 0.1) is 18.8 Å². The number of rotatable bonds is 7. The van der Waals surface area contributed by atoms with E-state index in [9.17, 15) is 19.7 Å². The summed E-state index contributed by atoms with van der Waals surface area (Å²) >= 11 is 0. The number of amides is 1. The molecule has 2 rings (SSSR count). The Labute approximate surface area is 160 Å². The third-order valence-electron chi connectivity index (χ3n) is 4.66. The second kappa shape index (κ2) is 8.41. The molecule has 1 heterocycles. The molecule has 148 valence electrons. The second-order valence-corrected chi connectivity index (χ2v) is 7.90. The lowest BCUT2D eigenvalue weighted by Crippen LogP contribution is -2.46. The highest BCUT2D eigenvalue weighted by Crippen LogP contribution is 2.17. The molecule has 0 aliphatic carbocycles. The van der Waals surface area contributed by atoms with Gasteiger partial charge in [0.2, 0.25) is 0 Å². The average Bonchev–Trinajstić information content (AvgIpc) is 2.93. The zero-order chi connectivity index (χ0) is 20.4. The van der Waals surface area contributed by atoms with Crippen LogP contribution in [-0.4, -0.2) is 47.4 Å². The van der Waals surface area contributed by atoms with Gasteiger partial charge < -0.3 is 24.8 Å². The van der Waals surface area contributed by atoms with Crippen molar-refractivity contribution in [2.75, 3.05) is 6.61 Å². The molecule has 27 heavy (non-hydrogen) atoms. The molecule has 1 aliphatic heterocycles. The summed E-state index contributed by atoms with van der Waals surface area (Å²) in [5.74, 6) is -1.12. The van der Waals surface area contributed by atoms with E-state index in [4.69, 9.17) is 9.39 Å². The summed E-state index contributed by atoms with van der Waals surface area (Å²) in [7, 11) is -1.04. The number of nitrogens with one attached hydrogen (secondary N) is 1. The lowest BCUT2D eigenvalue weighted by Gasteiger charge is -2.23. The van der Waals surface area contributed by atoms with Gasteiger partial charge in [-0.2, -0.15) is 0 Å². The summed E-state index contributed by atoms with van der Waals surface area (Å²) in [6.07, 6.45) is 0.305. The van der Waals surface area contributed by atoms with E-state index in [0.29, 0.717) is 29.6 Å². The van der Waals surface area contributed by atoms with Crippen molar-refractivity contribution in [1.82, 2.24) is 5.32 Å². The van der Waals surface area contributed by atoms with Crippen LogP contribution in [-0.2, 0) is 20.8 Å². The average molecular weight is 377 g/mol. The van der Waals surface area contributed by atoms with E-state index in [2.05, 4.69) is 5.32 Å². The first-order chi connectivity index (χ1) is 12.5. The maximum atomic E-state index is 12.7. The molecule has 1 unspecified atom stereocenters. The van der Waals surface area contributed by atoms with Gasteiger partial charge in [0.15, 0.2) is 0 Å². The smallest absolute Gasteiger partial charge is 0.464 e. The molecule has 0 bridgehead atoms. The maximum Gasteiger partial charge on any atom is 0.492 e. The fraction of sp³-hybridized carbons (Fsp3) is 0.579. The number of fused-ring (bicyclic) bond motifs is 1. The van der Waals surface area contributed by atoms with Crippen LogP contribution in [0.4, 0.5) is 0 Å². The second-order valence-electron chi connectivity index (χ2n) is 7.90. The van der Waals surface area contributed by atoms with Crippen LogP contribution in [0, 0.1) is 12.8 Å². The molecule has 0 radical (unpaired) electrons. The van der Waals surface area contributed by atoms with E-state index in [0.717, 1.165) is 5.56 Å². The molecule has 1 aromatic carbocycles. The minimum absolute atomic E-state index is 0.0722. The van der Waals surface area contributed by atoms with Gasteiger partial charge in [0.1, 0.15) is 6.04 Å². The maximum absolute atomic E-state index is 12.7. The molecule has 0 fully saturated rings. The first kappa shape index (κ1) is 21.4. The van der Waals surface area contributed by atoms with Crippen LogP contribution in [0.15, 0.2) is 12.1 Å². The van der Waals surface area contributed by atoms with Crippen molar-refractivity contribution in [2.24, 2.45) is 5.92 Å². The first-order valence-corrected chi connectivity index (χ1v) is 9.13. The molecule has 8 heteroatoms. The number of aliphatic hydroxyl groups is 1. The Morgan fingerprint density at radius 3 is 2.63 bits per heavy atom. The number of benzene rings is 1. The van der Waals surface area contributed by atoms with Crippen LogP contribution < -0.4 is 10.8 Å². The number of carbonyl (C=O) groups excluding carboxylic acids is 2. The Kier molecular flexibility index (Phi) is 6.67. The van der Waals surface area contributed by atoms with Crippen molar-refractivity contribution < 1.29 is 29.1 Å². The molecule has 7 nitrogen and oxygen atoms in total. The van der Waals surface area contributed by atoms with Crippen molar-refractivity contribution in [3.63, 3.8) is 0 Å². The molecular weight excluding hydrogens is 349 g/mol. The van der Waals surface area contributed by atoms with Gasteiger partial charge >= 0.3 is 13.1 Å². The Morgan fingerprint density at radius 2 is 2.04 bits per heavy atom. The lowest BCUT2D eigenvalue weighted by atomic mass is 9.75. The summed E-state index contributed by atoms with van der Waals surface area (Å²) in [4.78, 5) is 25.1. The Bertz CT molecular complexity index is 713. The first-order valence-electron chi connectivity index (χ1n) is 9.13. The Hall–Kier alpha value is -1.90. The summed E-state index contributed by atoms with van der Waals surface area (Å²) in [5.41, 5.74) is 1.54. The van der Waals surface area contributed by atoms with E-state index < -0.39 is 30.6 Å². The molecule has 0 spiro atoms. The zero-order valence-corrected chi connectivity index (χ0v) is 16.5. The highest BCUT2D eigenvalue weighted by molar-refractivity contribution is 6.62. The van der Waals surface area contributed by atoms with Crippen molar-refractivity contribution in [2.45, 2.75) is 59.3 Å². The van der Waals surface area contributed by atoms with Crippen LogP contribution in [0.5, 0.6) is 0 Å². The van der Waals surface area contributed by atoms with Crippen LogP contribution in [0.25, 0.3) is 0 Å². The summed E-state index contributed by atoms with van der Waals surface area (Å²) < 4.78 is 10.4. The van der Waals surface area contributed by atoms with Crippen LogP contribution in [0.3, 0.4) is 0 Å². The summed E-state index contributed by atoms with van der Waals surface area (Å²) in [6.45, 7) is 9.03. The summed E-state index contributed by atoms with van der Waals surface area (Å²) in [6, 6.07) is 2.61. The topological polar surface area (TPSA) is 105 Å². The standard InChI is InChI=1S/C19H28BNO6/c1-11(2)16(18(23)26-9-8-19(4,5)24)21-17(22)14-7-6-13-10-27-20(25)15(13)12(14)3/h6-7,11,16,24-25H,8-10H2,1-5H3,(H,21,22).